The molecule has 1 heterocycles. The Kier molecular flexibility index (Phi) is 4.20. The van der Waals surface area contributed by atoms with Gasteiger partial charge in [0.15, 0.2) is 11.5 Å². The topological polar surface area (TPSA) is 62.7 Å². The van der Waals surface area contributed by atoms with E-state index >= 15 is 0 Å². The summed E-state index contributed by atoms with van der Waals surface area (Å²) in [6.07, 6.45) is 3.37. The number of ether oxygens (including phenoxy) is 1. The molecule has 1 aromatic heterocycles. The molecule has 0 radical (unpaired) electrons. The van der Waals surface area contributed by atoms with Crippen LogP contribution in [0.25, 0.3) is 0 Å². The molecule has 0 aliphatic carbocycles. The van der Waals surface area contributed by atoms with Crippen molar-refractivity contribution in [1.29, 1.82) is 0 Å². The number of aromatic nitrogens is 1. The van der Waals surface area contributed by atoms with Gasteiger partial charge in [-0.05, 0) is 35.9 Å². The Morgan fingerprint density at radius 3 is 2.60 bits per heavy atom. The predicted octanol–water partition coefficient (Wildman–Crippen LogP) is 2.07. The normalized spacial score (nSPS) is 10.1. The van der Waals surface area contributed by atoms with Gasteiger partial charge in [-0.25, -0.2) is 0 Å². The Hall–Kier alpha value is -2.56. The SMILES string of the molecule is COc1ccc(C(=O)N(C)Cc2ccncc2)cc1O. The van der Waals surface area contributed by atoms with Crippen molar-refractivity contribution in [2.45, 2.75) is 6.54 Å². The second kappa shape index (κ2) is 6.06. The summed E-state index contributed by atoms with van der Waals surface area (Å²) in [5.41, 5.74) is 1.41. The van der Waals surface area contributed by atoms with E-state index in [4.69, 9.17) is 4.74 Å². The first kappa shape index (κ1) is 13.9. The molecule has 0 atom stereocenters. The number of phenols is 1. The molecule has 0 aliphatic heterocycles. The number of benzene rings is 1. The van der Waals surface area contributed by atoms with Gasteiger partial charge in [0.1, 0.15) is 0 Å². The van der Waals surface area contributed by atoms with Gasteiger partial charge in [-0.3, -0.25) is 9.78 Å². The zero-order chi connectivity index (χ0) is 14.5. The highest BCUT2D eigenvalue weighted by atomic mass is 16.5. The van der Waals surface area contributed by atoms with Crippen LogP contribution in [0.1, 0.15) is 15.9 Å². The van der Waals surface area contributed by atoms with Crippen LogP contribution in [-0.4, -0.2) is 35.1 Å². The van der Waals surface area contributed by atoms with Crippen molar-refractivity contribution in [3.05, 3.63) is 53.9 Å². The molecular formula is C15H16N2O3. The summed E-state index contributed by atoms with van der Waals surface area (Å²) in [7, 11) is 3.18. The number of pyridine rings is 1. The van der Waals surface area contributed by atoms with Gasteiger partial charge >= 0.3 is 0 Å². The molecule has 0 saturated heterocycles. The lowest BCUT2D eigenvalue weighted by atomic mass is 10.1. The van der Waals surface area contributed by atoms with Crippen LogP contribution >= 0.6 is 0 Å². The summed E-state index contributed by atoms with van der Waals surface area (Å²) in [6, 6.07) is 8.32. The summed E-state index contributed by atoms with van der Waals surface area (Å²) in [5, 5.41) is 9.71. The number of hydrogen-bond acceptors (Lipinski definition) is 4. The van der Waals surface area contributed by atoms with Gasteiger partial charge in [0.05, 0.1) is 7.11 Å². The highest BCUT2D eigenvalue weighted by Gasteiger charge is 2.14. The molecule has 2 aromatic rings. The van der Waals surface area contributed by atoms with Crippen molar-refractivity contribution in [3.8, 4) is 11.5 Å². The third-order valence-corrected chi connectivity index (χ3v) is 2.94. The second-order valence-corrected chi connectivity index (χ2v) is 4.40. The monoisotopic (exact) mass is 272 g/mol. The molecule has 0 spiro atoms. The molecule has 2 rings (SSSR count). The van der Waals surface area contributed by atoms with Crippen LogP contribution in [-0.2, 0) is 6.54 Å². The molecular weight excluding hydrogens is 256 g/mol. The summed E-state index contributed by atoms with van der Waals surface area (Å²) in [5.74, 6) is 0.133. The van der Waals surface area contributed by atoms with Gasteiger partial charge in [-0.2, -0.15) is 0 Å². The highest BCUT2D eigenvalue weighted by molar-refractivity contribution is 5.94. The first-order valence-corrected chi connectivity index (χ1v) is 6.13. The third kappa shape index (κ3) is 3.06. The van der Waals surface area contributed by atoms with E-state index in [1.165, 1.54) is 13.2 Å². The van der Waals surface area contributed by atoms with E-state index in [0.717, 1.165) is 5.56 Å². The smallest absolute Gasteiger partial charge is 0.254 e. The van der Waals surface area contributed by atoms with E-state index in [0.29, 0.717) is 17.9 Å². The fraction of sp³-hybridized carbons (Fsp3) is 0.200. The van der Waals surface area contributed by atoms with Crippen molar-refractivity contribution in [1.82, 2.24) is 9.88 Å². The number of carbonyl (C=O) groups excluding carboxylic acids is 1. The number of phenolic OH excluding ortho intramolecular Hbond substituents is 1. The van der Waals surface area contributed by atoms with E-state index in [9.17, 15) is 9.90 Å². The zero-order valence-corrected chi connectivity index (χ0v) is 11.4. The van der Waals surface area contributed by atoms with Gasteiger partial charge in [-0.1, -0.05) is 0 Å². The van der Waals surface area contributed by atoms with Crippen LogP contribution in [0.3, 0.4) is 0 Å². The Bertz CT molecular complexity index is 599. The molecule has 0 unspecified atom stereocenters. The van der Waals surface area contributed by atoms with E-state index in [-0.39, 0.29) is 11.7 Å². The van der Waals surface area contributed by atoms with Crippen LogP contribution in [0.5, 0.6) is 11.5 Å². The van der Waals surface area contributed by atoms with Gasteiger partial charge < -0.3 is 14.7 Å². The maximum Gasteiger partial charge on any atom is 0.254 e. The van der Waals surface area contributed by atoms with Crippen LogP contribution in [0.4, 0.5) is 0 Å². The molecule has 0 aliphatic rings. The molecule has 0 fully saturated rings. The van der Waals surface area contributed by atoms with E-state index in [2.05, 4.69) is 4.98 Å². The number of hydrogen-bond donors (Lipinski definition) is 1. The number of aromatic hydroxyl groups is 1. The molecule has 5 nitrogen and oxygen atoms in total. The maximum atomic E-state index is 12.3. The molecule has 1 aromatic carbocycles. The lowest BCUT2D eigenvalue weighted by Gasteiger charge is -2.17. The summed E-state index contributed by atoms with van der Waals surface area (Å²) < 4.78 is 4.95. The molecule has 104 valence electrons. The molecule has 1 amide bonds. The largest absolute Gasteiger partial charge is 0.504 e. The Morgan fingerprint density at radius 2 is 2.00 bits per heavy atom. The molecule has 0 bridgehead atoms. The van der Waals surface area contributed by atoms with Crippen LogP contribution < -0.4 is 4.74 Å². The minimum absolute atomic E-state index is 0.0457. The lowest BCUT2D eigenvalue weighted by Crippen LogP contribution is -2.26. The standard InChI is InChI=1S/C15H16N2O3/c1-17(10-11-5-7-16-8-6-11)15(19)12-3-4-14(20-2)13(18)9-12/h3-9,18H,10H2,1-2H3. The Labute approximate surface area is 117 Å². The lowest BCUT2D eigenvalue weighted by molar-refractivity contribution is 0.0784. The first-order valence-electron chi connectivity index (χ1n) is 6.13. The fourth-order valence-electron chi connectivity index (χ4n) is 1.88. The van der Waals surface area contributed by atoms with Crippen molar-refractivity contribution in [2.24, 2.45) is 0 Å². The van der Waals surface area contributed by atoms with Crippen LogP contribution in [0, 0.1) is 0 Å². The number of methoxy groups -OCH3 is 1. The quantitative estimate of drug-likeness (QED) is 0.925. The minimum Gasteiger partial charge on any atom is -0.504 e. The Morgan fingerprint density at radius 1 is 1.30 bits per heavy atom. The van der Waals surface area contributed by atoms with Gasteiger partial charge in [-0.15, -0.1) is 0 Å². The number of carbonyl (C=O) groups is 1. The molecule has 5 heteroatoms. The highest BCUT2D eigenvalue weighted by Crippen LogP contribution is 2.26. The molecule has 0 saturated carbocycles. The van der Waals surface area contributed by atoms with Crippen molar-refractivity contribution in [3.63, 3.8) is 0 Å². The second-order valence-electron chi connectivity index (χ2n) is 4.40. The number of amides is 1. The van der Waals surface area contributed by atoms with E-state index in [1.807, 2.05) is 12.1 Å². The van der Waals surface area contributed by atoms with E-state index in [1.54, 1.807) is 36.5 Å². The summed E-state index contributed by atoms with van der Waals surface area (Å²) in [6.45, 7) is 0.480. The zero-order valence-electron chi connectivity index (χ0n) is 11.4. The average molecular weight is 272 g/mol. The third-order valence-electron chi connectivity index (χ3n) is 2.94. The summed E-state index contributed by atoms with van der Waals surface area (Å²) in [4.78, 5) is 17.8. The summed E-state index contributed by atoms with van der Waals surface area (Å²) >= 11 is 0. The fourth-order valence-corrected chi connectivity index (χ4v) is 1.88. The maximum absolute atomic E-state index is 12.3. The number of nitrogens with zero attached hydrogens (tertiary/aromatic N) is 2. The van der Waals surface area contributed by atoms with Crippen molar-refractivity contribution in [2.75, 3.05) is 14.2 Å². The van der Waals surface area contributed by atoms with Crippen LogP contribution in [0.2, 0.25) is 0 Å². The van der Waals surface area contributed by atoms with Gasteiger partial charge in [0.25, 0.3) is 5.91 Å². The predicted molar refractivity (Wildman–Crippen MR) is 74.7 cm³/mol. The van der Waals surface area contributed by atoms with Crippen molar-refractivity contribution < 1.29 is 14.6 Å². The first-order chi connectivity index (χ1) is 9.61. The number of rotatable bonds is 4. The van der Waals surface area contributed by atoms with Crippen LogP contribution in [0.15, 0.2) is 42.7 Å². The van der Waals surface area contributed by atoms with Crippen molar-refractivity contribution >= 4 is 5.91 Å². The molecule has 20 heavy (non-hydrogen) atoms. The minimum atomic E-state index is -0.167. The molecule has 1 N–H and O–H groups in total. The van der Waals surface area contributed by atoms with E-state index < -0.39 is 0 Å². The Balaban J connectivity index is 2.12. The average Bonchev–Trinajstić information content (AvgIpc) is 2.47. The van der Waals surface area contributed by atoms with Gasteiger partial charge in [0, 0.05) is 31.5 Å². The van der Waals surface area contributed by atoms with Gasteiger partial charge in [0.2, 0.25) is 0 Å².